The Morgan fingerprint density at radius 1 is 0.470 bits per heavy atom. The molecule has 0 amide bonds. The molecule has 5 aliphatic rings. The van der Waals surface area contributed by atoms with Crippen LogP contribution in [0, 0.1) is 13.8 Å². The molecule has 8 aromatic rings. The summed E-state index contributed by atoms with van der Waals surface area (Å²) in [6.07, 6.45) is 2.37. The van der Waals surface area contributed by atoms with Crippen LogP contribution in [0.15, 0.2) is 174 Å². The molecule has 0 saturated heterocycles. The highest BCUT2D eigenvalue weighted by atomic mass is 32.2. The normalized spacial score (nSPS) is 17.9. The second kappa shape index (κ2) is 13.7. The van der Waals surface area contributed by atoms with Gasteiger partial charge in [0.05, 0.1) is 5.41 Å². The van der Waals surface area contributed by atoms with Gasteiger partial charge in [-0.15, -0.1) is 0 Å². The van der Waals surface area contributed by atoms with Crippen molar-refractivity contribution < 1.29 is 0 Å². The molecule has 4 heterocycles. The maximum atomic E-state index is 2.77. The zero-order valence-corrected chi connectivity index (χ0v) is 40.2. The van der Waals surface area contributed by atoms with Crippen LogP contribution in [0.25, 0.3) is 11.1 Å². The van der Waals surface area contributed by atoms with Crippen molar-refractivity contribution in [2.24, 2.45) is 0 Å². The Labute approximate surface area is 395 Å². The molecule has 322 valence electrons. The van der Waals surface area contributed by atoms with Crippen LogP contribution in [0.5, 0.6) is 0 Å². The van der Waals surface area contributed by atoms with Crippen LogP contribution in [-0.4, -0.2) is 6.85 Å². The zero-order chi connectivity index (χ0) is 45.1. The lowest BCUT2D eigenvalue weighted by Gasteiger charge is -2.53. The SMILES string of the molecule is Cc1cc2c3c(c1)N(c1cc4c(cc1C)C(C)(C)CCC4(C)C)c1cc4c(cc1B3N1c3ccccc3C(c3ccccc3)(c3ccccc3)c3cccc-2c31)C(C)(C)c1ccccc1S4. The van der Waals surface area contributed by atoms with Crippen LogP contribution in [-0.2, 0) is 21.7 Å². The van der Waals surface area contributed by atoms with Crippen LogP contribution < -0.4 is 20.6 Å². The fourth-order valence-electron chi connectivity index (χ4n) is 13.2. The molecule has 1 aliphatic carbocycles. The predicted octanol–water partition coefficient (Wildman–Crippen LogP) is 14.8. The molecular formula is C62H55BN2S. The van der Waals surface area contributed by atoms with Gasteiger partial charge in [0.2, 0.25) is 0 Å². The van der Waals surface area contributed by atoms with Gasteiger partial charge in [0.15, 0.2) is 0 Å². The summed E-state index contributed by atoms with van der Waals surface area (Å²) in [6.45, 7) is 19.3. The van der Waals surface area contributed by atoms with E-state index in [4.69, 9.17) is 0 Å². The standard InChI is InChI=1S/C62H55BN2S/c1-38-32-43-42-24-19-27-46-58(42)65(51-28-17-15-25-44(51)62(46,40-20-11-9-12-21-40)41-22-13-10-14-23-41)63-50-35-49-56(66-55-29-18-16-26-45(55)61(49,7)8)37-53(50)64(54(33-38)57(43)63)52-36-48-47(34-39(52)2)59(3,4)30-31-60(48,5)6/h9-29,32-37H,30-31H2,1-8H3. The molecule has 4 heteroatoms. The van der Waals surface area contributed by atoms with Gasteiger partial charge in [0.1, 0.15) is 0 Å². The lowest BCUT2D eigenvalue weighted by molar-refractivity contribution is 0.332. The van der Waals surface area contributed by atoms with Crippen molar-refractivity contribution in [2.45, 2.75) is 99.7 Å². The van der Waals surface area contributed by atoms with E-state index in [1.54, 1.807) is 0 Å². The van der Waals surface area contributed by atoms with Gasteiger partial charge in [-0.25, -0.2) is 0 Å². The van der Waals surface area contributed by atoms with E-state index in [1.165, 1.54) is 129 Å². The number of fused-ring (bicyclic) bond motifs is 9. The molecule has 0 N–H and O–H groups in total. The first-order valence-electron chi connectivity index (χ1n) is 24.0. The zero-order valence-electron chi connectivity index (χ0n) is 39.4. The Morgan fingerprint density at radius 3 is 1.80 bits per heavy atom. The number of rotatable bonds is 3. The first-order valence-corrected chi connectivity index (χ1v) is 24.8. The molecule has 0 fully saturated rings. The lowest BCUT2D eigenvalue weighted by atomic mass is 9.41. The number of aryl methyl sites for hydroxylation is 2. The van der Waals surface area contributed by atoms with E-state index in [0.717, 1.165) is 0 Å². The smallest absolute Gasteiger partial charge is 0.333 e. The minimum absolute atomic E-state index is 0.0663. The molecule has 0 bridgehead atoms. The van der Waals surface area contributed by atoms with Crippen molar-refractivity contribution in [1.82, 2.24) is 0 Å². The van der Waals surface area contributed by atoms with Crippen molar-refractivity contribution in [1.29, 1.82) is 0 Å². The molecule has 0 aromatic heterocycles. The van der Waals surface area contributed by atoms with E-state index >= 15 is 0 Å². The molecule has 0 unspecified atom stereocenters. The summed E-state index contributed by atoms with van der Waals surface area (Å²) in [5, 5.41) is 0. The average molecular weight is 871 g/mol. The number of para-hydroxylation sites is 2. The van der Waals surface area contributed by atoms with Crippen LogP contribution in [0.2, 0.25) is 0 Å². The lowest BCUT2D eigenvalue weighted by Crippen LogP contribution is -2.63. The summed E-state index contributed by atoms with van der Waals surface area (Å²) in [4.78, 5) is 8.17. The molecule has 13 rings (SSSR count). The largest absolute Gasteiger partial charge is 0.376 e. The highest BCUT2D eigenvalue weighted by Gasteiger charge is 2.54. The Morgan fingerprint density at radius 2 is 1.09 bits per heavy atom. The molecule has 0 spiro atoms. The number of nitrogens with zero attached hydrogens (tertiary/aromatic N) is 2. The molecule has 4 aliphatic heterocycles. The molecule has 0 atom stereocenters. The van der Waals surface area contributed by atoms with E-state index in [9.17, 15) is 0 Å². The number of hydrogen-bond acceptors (Lipinski definition) is 3. The quantitative estimate of drug-likeness (QED) is 0.163. The third-order valence-corrected chi connectivity index (χ3v) is 17.7. The number of anilines is 5. The summed E-state index contributed by atoms with van der Waals surface area (Å²) in [5.41, 5.74) is 24.8. The van der Waals surface area contributed by atoms with Crippen molar-refractivity contribution in [3.05, 3.63) is 219 Å². The minimum Gasteiger partial charge on any atom is -0.376 e. The maximum Gasteiger partial charge on any atom is 0.333 e. The molecular weight excluding hydrogens is 816 g/mol. The molecule has 0 saturated carbocycles. The van der Waals surface area contributed by atoms with Crippen LogP contribution in [0.1, 0.15) is 110 Å². The second-order valence-electron chi connectivity index (χ2n) is 21.6. The van der Waals surface area contributed by atoms with Gasteiger partial charge in [-0.05, 0) is 140 Å². The van der Waals surface area contributed by atoms with Crippen LogP contribution in [0.4, 0.5) is 28.4 Å². The monoisotopic (exact) mass is 870 g/mol. The highest BCUT2D eigenvalue weighted by Crippen LogP contribution is 2.61. The van der Waals surface area contributed by atoms with E-state index in [2.05, 4.69) is 229 Å². The van der Waals surface area contributed by atoms with Gasteiger partial charge in [-0.3, -0.25) is 0 Å². The third-order valence-electron chi connectivity index (χ3n) is 16.6. The summed E-state index contributed by atoms with van der Waals surface area (Å²) in [6, 6.07) is 63.5. The molecule has 2 nitrogen and oxygen atoms in total. The Bertz CT molecular complexity index is 3320. The topological polar surface area (TPSA) is 6.48 Å². The fourth-order valence-corrected chi connectivity index (χ4v) is 14.6. The number of hydrogen-bond donors (Lipinski definition) is 0. The van der Waals surface area contributed by atoms with Crippen molar-refractivity contribution in [2.75, 3.05) is 9.71 Å². The van der Waals surface area contributed by atoms with Crippen molar-refractivity contribution in [3.8, 4) is 11.1 Å². The van der Waals surface area contributed by atoms with Gasteiger partial charge < -0.3 is 9.71 Å². The number of benzene rings is 8. The van der Waals surface area contributed by atoms with E-state index in [-0.39, 0.29) is 23.1 Å². The summed E-state index contributed by atoms with van der Waals surface area (Å²) >= 11 is 1.94. The maximum absolute atomic E-state index is 2.77. The van der Waals surface area contributed by atoms with E-state index in [0.29, 0.717) is 0 Å². The van der Waals surface area contributed by atoms with E-state index < -0.39 is 5.41 Å². The van der Waals surface area contributed by atoms with Crippen molar-refractivity contribution in [3.63, 3.8) is 0 Å². The van der Waals surface area contributed by atoms with Gasteiger partial charge >= 0.3 is 6.85 Å². The molecule has 0 radical (unpaired) electrons. The van der Waals surface area contributed by atoms with Gasteiger partial charge in [-0.2, -0.15) is 0 Å². The minimum atomic E-state index is -0.548. The van der Waals surface area contributed by atoms with Gasteiger partial charge in [0, 0.05) is 49.2 Å². The predicted molar refractivity (Wildman–Crippen MR) is 279 cm³/mol. The van der Waals surface area contributed by atoms with Crippen molar-refractivity contribution >= 4 is 58.0 Å². The van der Waals surface area contributed by atoms with Crippen LogP contribution >= 0.6 is 11.8 Å². The summed E-state index contributed by atoms with van der Waals surface area (Å²) in [5.74, 6) is 0. The van der Waals surface area contributed by atoms with Gasteiger partial charge in [0.25, 0.3) is 0 Å². The van der Waals surface area contributed by atoms with Crippen LogP contribution in [0.3, 0.4) is 0 Å². The Hall–Kier alpha value is -6.23. The molecule has 66 heavy (non-hydrogen) atoms. The molecule has 8 aromatic carbocycles. The summed E-state index contributed by atoms with van der Waals surface area (Å²) in [7, 11) is 0. The van der Waals surface area contributed by atoms with E-state index in [1.807, 2.05) is 11.8 Å². The average Bonchev–Trinajstić information content (AvgIpc) is 3.32. The highest BCUT2D eigenvalue weighted by molar-refractivity contribution is 7.99. The second-order valence-corrected chi connectivity index (χ2v) is 22.7. The van der Waals surface area contributed by atoms with Gasteiger partial charge in [-0.1, -0.05) is 187 Å². The summed E-state index contributed by atoms with van der Waals surface area (Å²) < 4.78 is 0. The Kier molecular flexibility index (Phi) is 8.31. The Balaban J connectivity index is 1.17. The first-order chi connectivity index (χ1) is 31.8. The third kappa shape index (κ3) is 5.23. The fraction of sp³-hybridized carbons (Fsp3) is 0.226. The first kappa shape index (κ1) is 40.1.